The monoisotopic (exact) mass is 428 g/mol. The number of methoxy groups -OCH3 is 1. The first kappa shape index (κ1) is 20.6. The Labute approximate surface area is 179 Å². The third-order valence-electron chi connectivity index (χ3n) is 4.88. The number of morpholine rings is 1. The van der Waals surface area contributed by atoms with Crippen LogP contribution in [0.1, 0.15) is 15.9 Å². The molecule has 4 rings (SSSR count). The minimum absolute atomic E-state index is 0.0478. The molecule has 1 amide bonds. The van der Waals surface area contributed by atoms with Gasteiger partial charge in [-0.05, 0) is 23.8 Å². The van der Waals surface area contributed by atoms with Crippen LogP contribution in [0.5, 0.6) is 0 Å². The van der Waals surface area contributed by atoms with Crippen molar-refractivity contribution in [2.24, 2.45) is 0 Å². The number of benzene rings is 1. The van der Waals surface area contributed by atoms with Gasteiger partial charge in [0.05, 0.1) is 32.6 Å². The Hall–Kier alpha value is -2.62. The quantitative estimate of drug-likeness (QED) is 0.510. The molecule has 1 aliphatic heterocycles. The molecule has 0 aliphatic carbocycles. The standard InChI is InChI=1S/C21H24N4O4S/c1-27-12-10-25-19(18-7-4-11-29-18)22-23-21(25)30-15-16-5-2-3-6-17(16)20(26)24-8-13-28-14-9-24/h2-7,11H,8-10,12-15H2,1H3. The van der Waals surface area contributed by atoms with Crippen LogP contribution in [0.4, 0.5) is 0 Å². The molecule has 0 saturated carbocycles. The van der Waals surface area contributed by atoms with Crippen molar-refractivity contribution in [1.29, 1.82) is 0 Å². The number of thioether (sulfide) groups is 1. The van der Waals surface area contributed by atoms with E-state index in [2.05, 4.69) is 10.2 Å². The lowest BCUT2D eigenvalue weighted by atomic mass is 10.1. The van der Waals surface area contributed by atoms with Gasteiger partial charge in [-0.3, -0.25) is 9.36 Å². The number of furan rings is 1. The van der Waals surface area contributed by atoms with Crippen molar-refractivity contribution in [3.63, 3.8) is 0 Å². The van der Waals surface area contributed by atoms with Crippen LogP contribution in [0.25, 0.3) is 11.6 Å². The molecule has 0 bridgehead atoms. The predicted octanol–water partition coefficient (Wildman–Crippen LogP) is 2.95. The summed E-state index contributed by atoms with van der Waals surface area (Å²) in [4.78, 5) is 14.8. The van der Waals surface area contributed by atoms with Gasteiger partial charge < -0.3 is 18.8 Å². The van der Waals surface area contributed by atoms with Crippen LogP contribution in [0.15, 0.2) is 52.2 Å². The number of nitrogens with zero attached hydrogens (tertiary/aromatic N) is 4. The molecule has 158 valence electrons. The van der Waals surface area contributed by atoms with Gasteiger partial charge in [-0.15, -0.1) is 10.2 Å². The lowest BCUT2D eigenvalue weighted by Gasteiger charge is -2.27. The van der Waals surface area contributed by atoms with Crippen LogP contribution in [-0.4, -0.2) is 65.6 Å². The molecule has 1 aromatic carbocycles. The highest BCUT2D eigenvalue weighted by molar-refractivity contribution is 7.98. The molecule has 30 heavy (non-hydrogen) atoms. The highest BCUT2D eigenvalue weighted by Crippen LogP contribution is 2.28. The maximum Gasteiger partial charge on any atom is 0.254 e. The van der Waals surface area contributed by atoms with Crippen LogP contribution in [0, 0.1) is 0 Å². The number of hydrogen-bond donors (Lipinski definition) is 0. The molecule has 0 radical (unpaired) electrons. The average Bonchev–Trinajstić information content (AvgIpc) is 3.46. The van der Waals surface area contributed by atoms with E-state index in [0.29, 0.717) is 56.8 Å². The average molecular weight is 429 g/mol. The van der Waals surface area contributed by atoms with Gasteiger partial charge in [-0.2, -0.15) is 0 Å². The smallest absolute Gasteiger partial charge is 0.254 e. The van der Waals surface area contributed by atoms with Gasteiger partial charge in [0.2, 0.25) is 5.82 Å². The third-order valence-corrected chi connectivity index (χ3v) is 5.90. The number of rotatable bonds is 8. The highest BCUT2D eigenvalue weighted by Gasteiger charge is 2.22. The molecule has 0 spiro atoms. The maximum atomic E-state index is 13.0. The number of carbonyl (C=O) groups excluding carboxylic acids is 1. The summed E-state index contributed by atoms with van der Waals surface area (Å²) in [6.45, 7) is 3.56. The molecule has 0 unspecified atom stereocenters. The zero-order chi connectivity index (χ0) is 20.8. The first-order valence-electron chi connectivity index (χ1n) is 9.81. The topological polar surface area (TPSA) is 82.6 Å². The summed E-state index contributed by atoms with van der Waals surface area (Å²) in [6.07, 6.45) is 1.62. The summed E-state index contributed by atoms with van der Waals surface area (Å²) in [5.74, 6) is 1.98. The molecule has 1 fully saturated rings. The van der Waals surface area contributed by atoms with Crippen molar-refractivity contribution < 1.29 is 18.7 Å². The van der Waals surface area contributed by atoms with Crippen molar-refractivity contribution in [2.75, 3.05) is 40.0 Å². The van der Waals surface area contributed by atoms with E-state index in [0.717, 1.165) is 16.3 Å². The summed E-state index contributed by atoms with van der Waals surface area (Å²) in [6, 6.07) is 11.4. The number of carbonyl (C=O) groups is 1. The van der Waals surface area contributed by atoms with Gasteiger partial charge >= 0.3 is 0 Å². The Morgan fingerprint density at radius 2 is 2.00 bits per heavy atom. The van der Waals surface area contributed by atoms with E-state index in [1.165, 1.54) is 0 Å². The first-order valence-corrected chi connectivity index (χ1v) is 10.8. The molecule has 2 aromatic heterocycles. The molecule has 3 heterocycles. The van der Waals surface area contributed by atoms with Gasteiger partial charge in [0, 0.05) is 31.5 Å². The second-order valence-electron chi connectivity index (χ2n) is 6.78. The van der Waals surface area contributed by atoms with E-state index in [4.69, 9.17) is 13.9 Å². The molecule has 3 aromatic rings. The Morgan fingerprint density at radius 1 is 1.17 bits per heavy atom. The Morgan fingerprint density at radius 3 is 2.77 bits per heavy atom. The van der Waals surface area contributed by atoms with Crippen LogP contribution < -0.4 is 0 Å². The van der Waals surface area contributed by atoms with Gasteiger partial charge in [-0.25, -0.2) is 0 Å². The second kappa shape index (κ2) is 9.92. The van der Waals surface area contributed by atoms with Crippen LogP contribution in [-0.2, 0) is 21.8 Å². The number of hydrogen-bond acceptors (Lipinski definition) is 7. The fourth-order valence-corrected chi connectivity index (χ4v) is 4.27. The normalized spacial score (nSPS) is 14.2. The first-order chi connectivity index (χ1) is 14.8. The van der Waals surface area contributed by atoms with Gasteiger partial charge in [-0.1, -0.05) is 30.0 Å². The minimum Gasteiger partial charge on any atom is -0.461 e. The van der Waals surface area contributed by atoms with Crippen molar-refractivity contribution in [3.05, 3.63) is 53.8 Å². The van der Waals surface area contributed by atoms with Crippen LogP contribution in [0.2, 0.25) is 0 Å². The third kappa shape index (κ3) is 4.58. The summed E-state index contributed by atoms with van der Waals surface area (Å²) in [5, 5.41) is 9.42. The Kier molecular flexibility index (Phi) is 6.83. The molecule has 1 saturated heterocycles. The van der Waals surface area contributed by atoms with E-state index in [1.54, 1.807) is 25.1 Å². The van der Waals surface area contributed by atoms with E-state index in [1.807, 2.05) is 45.9 Å². The lowest BCUT2D eigenvalue weighted by molar-refractivity contribution is 0.0302. The second-order valence-corrected chi connectivity index (χ2v) is 7.72. The molecule has 0 N–H and O–H groups in total. The SMILES string of the molecule is COCCn1c(SCc2ccccc2C(=O)N2CCOCC2)nnc1-c1ccco1. The fraction of sp³-hybridized carbons (Fsp3) is 0.381. The van der Waals surface area contributed by atoms with Gasteiger partial charge in [0.15, 0.2) is 10.9 Å². The summed E-state index contributed by atoms with van der Waals surface area (Å²) < 4.78 is 18.1. The van der Waals surface area contributed by atoms with Crippen LogP contribution >= 0.6 is 11.8 Å². The fourth-order valence-electron chi connectivity index (χ4n) is 3.30. The number of aromatic nitrogens is 3. The number of ether oxygens (including phenoxy) is 2. The Bertz CT molecular complexity index is 967. The Balaban J connectivity index is 1.53. The maximum absolute atomic E-state index is 13.0. The van der Waals surface area contributed by atoms with E-state index < -0.39 is 0 Å². The van der Waals surface area contributed by atoms with E-state index >= 15 is 0 Å². The minimum atomic E-state index is 0.0478. The van der Waals surface area contributed by atoms with Crippen molar-refractivity contribution in [3.8, 4) is 11.6 Å². The number of amides is 1. The van der Waals surface area contributed by atoms with Crippen molar-refractivity contribution >= 4 is 17.7 Å². The molecule has 1 aliphatic rings. The summed E-state index contributed by atoms with van der Waals surface area (Å²) in [5.41, 5.74) is 1.70. The molecule has 9 heteroatoms. The van der Waals surface area contributed by atoms with Crippen molar-refractivity contribution in [2.45, 2.75) is 17.5 Å². The summed E-state index contributed by atoms with van der Waals surface area (Å²) in [7, 11) is 1.66. The molecule has 0 atom stereocenters. The largest absolute Gasteiger partial charge is 0.461 e. The highest BCUT2D eigenvalue weighted by atomic mass is 32.2. The molecule has 8 nitrogen and oxygen atoms in total. The molecular weight excluding hydrogens is 404 g/mol. The van der Waals surface area contributed by atoms with E-state index in [9.17, 15) is 4.79 Å². The predicted molar refractivity (Wildman–Crippen MR) is 112 cm³/mol. The van der Waals surface area contributed by atoms with Crippen molar-refractivity contribution in [1.82, 2.24) is 19.7 Å². The van der Waals surface area contributed by atoms with Gasteiger partial charge in [0.25, 0.3) is 5.91 Å². The summed E-state index contributed by atoms with van der Waals surface area (Å²) >= 11 is 1.54. The zero-order valence-corrected chi connectivity index (χ0v) is 17.6. The van der Waals surface area contributed by atoms with Gasteiger partial charge in [0.1, 0.15) is 0 Å². The van der Waals surface area contributed by atoms with E-state index in [-0.39, 0.29) is 5.91 Å². The van der Waals surface area contributed by atoms with Crippen LogP contribution in [0.3, 0.4) is 0 Å². The molecular formula is C21H24N4O4S. The lowest BCUT2D eigenvalue weighted by Crippen LogP contribution is -2.41. The zero-order valence-electron chi connectivity index (χ0n) is 16.8.